The highest BCUT2D eigenvalue weighted by Gasteiger charge is 2.35. The van der Waals surface area contributed by atoms with E-state index >= 15 is 0 Å². The van der Waals surface area contributed by atoms with Gasteiger partial charge in [0.25, 0.3) is 5.91 Å². The van der Waals surface area contributed by atoms with Crippen LogP contribution in [0.5, 0.6) is 0 Å². The van der Waals surface area contributed by atoms with E-state index in [-0.39, 0.29) is 17.8 Å². The topological polar surface area (TPSA) is 71.2 Å². The van der Waals surface area contributed by atoms with Gasteiger partial charge in [0.2, 0.25) is 0 Å². The van der Waals surface area contributed by atoms with E-state index < -0.39 is 0 Å². The van der Waals surface area contributed by atoms with E-state index in [1.807, 2.05) is 0 Å². The summed E-state index contributed by atoms with van der Waals surface area (Å²) in [6.45, 7) is 3.37. The molecule has 1 fully saturated rings. The highest BCUT2D eigenvalue weighted by molar-refractivity contribution is 14.1. The van der Waals surface area contributed by atoms with Gasteiger partial charge in [-0.05, 0) is 53.3 Å². The van der Waals surface area contributed by atoms with Crippen LogP contribution >= 0.6 is 22.6 Å². The van der Waals surface area contributed by atoms with Crippen LogP contribution in [0.2, 0.25) is 0 Å². The van der Waals surface area contributed by atoms with Crippen molar-refractivity contribution in [3.05, 3.63) is 51.6 Å². The molecule has 1 aliphatic rings. The highest BCUT2D eigenvalue weighted by atomic mass is 127. The van der Waals surface area contributed by atoms with E-state index in [2.05, 4.69) is 39.8 Å². The first-order chi connectivity index (χ1) is 12.0. The molecule has 5 nitrogen and oxygen atoms in total. The van der Waals surface area contributed by atoms with Gasteiger partial charge < -0.3 is 16.0 Å². The van der Waals surface area contributed by atoms with Crippen molar-refractivity contribution in [3.8, 4) is 0 Å². The Morgan fingerprint density at radius 3 is 2.88 bits per heavy atom. The Kier molecular flexibility index (Phi) is 5.53. The van der Waals surface area contributed by atoms with Crippen molar-refractivity contribution in [1.29, 1.82) is 0 Å². The molecule has 0 radical (unpaired) electrons. The number of carbonyl (C=O) groups is 1. The number of likely N-dealkylation sites (tertiary alicyclic amines) is 1. The fourth-order valence-electron chi connectivity index (χ4n) is 2.87. The van der Waals surface area contributed by atoms with Crippen LogP contribution in [0.3, 0.4) is 0 Å². The lowest BCUT2D eigenvalue weighted by atomic mass is 9.90. The molecule has 0 unspecified atom stereocenters. The van der Waals surface area contributed by atoms with E-state index in [1.165, 1.54) is 6.07 Å². The molecule has 7 heteroatoms. The fraction of sp³-hybridized carbons (Fsp3) is 0.333. The zero-order valence-electron chi connectivity index (χ0n) is 13.9. The van der Waals surface area contributed by atoms with Crippen molar-refractivity contribution in [2.45, 2.75) is 19.4 Å². The number of nitrogens with one attached hydrogen (secondary N) is 1. The third kappa shape index (κ3) is 3.92. The normalized spacial score (nSPS) is 15.6. The fourth-order valence-corrected chi connectivity index (χ4v) is 3.32. The van der Waals surface area contributed by atoms with Gasteiger partial charge in [-0.3, -0.25) is 9.78 Å². The minimum atomic E-state index is -0.368. The largest absolute Gasteiger partial charge is 0.351 e. The molecule has 1 aromatic heterocycles. The van der Waals surface area contributed by atoms with Crippen LogP contribution < -0.4 is 11.1 Å². The lowest BCUT2D eigenvalue weighted by Crippen LogP contribution is -2.56. The van der Waals surface area contributed by atoms with Crippen molar-refractivity contribution in [1.82, 2.24) is 9.88 Å². The van der Waals surface area contributed by atoms with Crippen LogP contribution in [-0.2, 0) is 0 Å². The molecule has 1 saturated heterocycles. The molecule has 25 heavy (non-hydrogen) atoms. The van der Waals surface area contributed by atoms with Crippen molar-refractivity contribution in [2.75, 3.05) is 18.4 Å². The van der Waals surface area contributed by atoms with Crippen LogP contribution in [0, 0.1) is 15.3 Å². The van der Waals surface area contributed by atoms with Gasteiger partial charge in [-0.15, -0.1) is 0 Å². The first-order valence-electron chi connectivity index (χ1n) is 8.20. The SMILES string of the molecule is CC[C@H](N)C1CN(C(=O)c2ccncc2Nc2ccc(I)cc2F)C1. The predicted molar refractivity (Wildman–Crippen MR) is 104 cm³/mol. The summed E-state index contributed by atoms with van der Waals surface area (Å²) in [6, 6.07) is 6.67. The highest BCUT2D eigenvalue weighted by Crippen LogP contribution is 2.27. The summed E-state index contributed by atoms with van der Waals surface area (Å²) < 4.78 is 14.9. The molecule has 3 N–H and O–H groups in total. The number of anilines is 2. The van der Waals surface area contributed by atoms with Gasteiger partial charge in [-0.1, -0.05) is 6.92 Å². The zero-order valence-corrected chi connectivity index (χ0v) is 16.0. The standard InChI is InChI=1S/C18H20FIN4O/c1-2-15(21)11-9-24(10-11)18(25)13-5-6-22-8-17(13)23-16-4-3-12(20)7-14(16)19/h3-8,11,15,23H,2,9-10,21H2,1H3/t15-/m0/s1. The minimum Gasteiger partial charge on any atom is -0.351 e. The molecule has 3 rings (SSSR count). The molecular formula is C18H20FIN4O. The number of hydrogen-bond donors (Lipinski definition) is 2. The molecule has 1 amide bonds. The number of aromatic nitrogens is 1. The van der Waals surface area contributed by atoms with Gasteiger partial charge in [0.05, 0.1) is 23.1 Å². The maximum atomic E-state index is 14.1. The maximum Gasteiger partial charge on any atom is 0.256 e. The van der Waals surface area contributed by atoms with Crippen molar-refractivity contribution >= 4 is 39.9 Å². The van der Waals surface area contributed by atoms with Crippen LogP contribution in [0.1, 0.15) is 23.7 Å². The monoisotopic (exact) mass is 454 g/mol. The van der Waals surface area contributed by atoms with Crippen LogP contribution in [0.4, 0.5) is 15.8 Å². The molecule has 0 bridgehead atoms. The number of rotatable bonds is 5. The van der Waals surface area contributed by atoms with Crippen molar-refractivity contribution < 1.29 is 9.18 Å². The van der Waals surface area contributed by atoms with E-state index in [0.29, 0.717) is 35.9 Å². The molecule has 1 atom stereocenters. The minimum absolute atomic E-state index is 0.0876. The molecule has 0 spiro atoms. The molecule has 2 aromatic rings. The molecule has 132 valence electrons. The summed E-state index contributed by atoms with van der Waals surface area (Å²) in [5, 5.41) is 2.98. The lowest BCUT2D eigenvalue weighted by molar-refractivity contribution is 0.0449. The summed E-state index contributed by atoms with van der Waals surface area (Å²) in [7, 11) is 0. The number of carbonyl (C=O) groups excluding carboxylic acids is 1. The predicted octanol–water partition coefficient (Wildman–Crippen LogP) is 3.38. The van der Waals surface area contributed by atoms with Gasteiger partial charge in [-0.2, -0.15) is 0 Å². The summed E-state index contributed by atoms with van der Waals surface area (Å²) in [4.78, 5) is 18.6. The number of benzene rings is 1. The molecule has 0 aliphatic carbocycles. The summed E-state index contributed by atoms with van der Waals surface area (Å²) in [5.41, 5.74) is 7.33. The Balaban J connectivity index is 1.76. The zero-order chi connectivity index (χ0) is 18.0. The van der Waals surface area contributed by atoms with E-state index in [9.17, 15) is 9.18 Å². The van der Waals surface area contributed by atoms with Crippen LogP contribution in [0.25, 0.3) is 0 Å². The van der Waals surface area contributed by atoms with Gasteiger partial charge in [0, 0.05) is 34.8 Å². The molecular weight excluding hydrogens is 434 g/mol. The van der Waals surface area contributed by atoms with Gasteiger partial charge in [0.15, 0.2) is 0 Å². The number of hydrogen-bond acceptors (Lipinski definition) is 4. The van der Waals surface area contributed by atoms with E-state index in [4.69, 9.17) is 5.73 Å². The third-order valence-corrected chi connectivity index (χ3v) is 5.20. The second-order valence-corrected chi connectivity index (χ2v) is 7.46. The lowest BCUT2D eigenvalue weighted by Gasteiger charge is -2.42. The third-order valence-electron chi connectivity index (χ3n) is 4.53. The van der Waals surface area contributed by atoms with Crippen LogP contribution in [-0.4, -0.2) is 34.9 Å². The Morgan fingerprint density at radius 1 is 1.44 bits per heavy atom. The van der Waals surface area contributed by atoms with Gasteiger partial charge in [-0.25, -0.2) is 4.39 Å². The molecule has 1 aliphatic heterocycles. The second kappa shape index (κ2) is 7.65. The Bertz CT molecular complexity index is 779. The summed E-state index contributed by atoms with van der Waals surface area (Å²) >= 11 is 2.05. The number of nitrogens with zero attached hydrogens (tertiary/aromatic N) is 2. The number of amides is 1. The summed E-state index contributed by atoms with van der Waals surface area (Å²) in [6.07, 6.45) is 4.01. The number of nitrogens with two attached hydrogens (primary N) is 1. The molecule has 0 saturated carbocycles. The molecule has 1 aromatic carbocycles. The van der Waals surface area contributed by atoms with Gasteiger partial charge >= 0.3 is 0 Å². The van der Waals surface area contributed by atoms with Gasteiger partial charge in [0.1, 0.15) is 5.82 Å². The van der Waals surface area contributed by atoms with E-state index in [1.54, 1.807) is 35.5 Å². The quantitative estimate of drug-likeness (QED) is 0.680. The molecule has 2 heterocycles. The average Bonchev–Trinajstić information content (AvgIpc) is 2.56. The first kappa shape index (κ1) is 18.1. The van der Waals surface area contributed by atoms with Crippen molar-refractivity contribution in [3.63, 3.8) is 0 Å². The summed E-state index contributed by atoms with van der Waals surface area (Å²) in [5.74, 6) is -0.108. The maximum absolute atomic E-state index is 14.1. The number of halogens is 2. The van der Waals surface area contributed by atoms with Crippen LogP contribution in [0.15, 0.2) is 36.7 Å². The second-order valence-electron chi connectivity index (χ2n) is 6.21. The Morgan fingerprint density at radius 2 is 2.20 bits per heavy atom. The smallest absolute Gasteiger partial charge is 0.256 e. The first-order valence-corrected chi connectivity index (χ1v) is 9.28. The Labute approximate surface area is 159 Å². The van der Waals surface area contributed by atoms with E-state index in [0.717, 1.165) is 9.99 Å². The van der Waals surface area contributed by atoms with Crippen molar-refractivity contribution in [2.24, 2.45) is 11.7 Å². The average molecular weight is 454 g/mol. The Hall–Kier alpha value is -1.74. The number of pyridine rings is 1.